The zero-order valence-corrected chi connectivity index (χ0v) is 12.5. The molecule has 0 aliphatic carbocycles. The number of nitrogens with one attached hydrogen (secondary N) is 1. The standard InChI is InChI=1S/C12H14BrFN2OS/c1-3-12(2,11(15)18)16-10(17)7-5-4-6-8(14)9(7)13/h4-6H,3H2,1-2H3,(H2,15,18)(H,16,17). The van der Waals surface area contributed by atoms with Crippen LogP contribution in [-0.2, 0) is 0 Å². The zero-order chi connectivity index (χ0) is 13.9. The molecule has 0 aliphatic rings. The van der Waals surface area contributed by atoms with Crippen molar-refractivity contribution in [1.82, 2.24) is 5.32 Å². The topological polar surface area (TPSA) is 55.1 Å². The fraction of sp³-hybridized carbons (Fsp3) is 0.333. The van der Waals surface area contributed by atoms with Gasteiger partial charge in [-0.05, 0) is 41.4 Å². The van der Waals surface area contributed by atoms with Crippen LogP contribution in [0.5, 0.6) is 0 Å². The second kappa shape index (κ2) is 5.75. The third-order valence-corrected chi connectivity index (χ3v) is 4.09. The minimum atomic E-state index is -0.780. The van der Waals surface area contributed by atoms with Gasteiger partial charge in [-0.2, -0.15) is 0 Å². The number of thiocarbonyl (C=S) groups is 1. The van der Waals surface area contributed by atoms with Crippen LogP contribution in [0.25, 0.3) is 0 Å². The van der Waals surface area contributed by atoms with E-state index in [0.29, 0.717) is 6.42 Å². The lowest BCUT2D eigenvalue weighted by molar-refractivity contribution is 0.0925. The molecule has 0 fully saturated rings. The summed E-state index contributed by atoms with van der Waals surface area (Å²) < 4.78 is 13.5. The Bertz CT molecular complexity index is 495. The molecular weight excluding hydrogens is 319 g/mol. The average molecular weight is 333 g/mol. The molecule has 6 heteroatoms. The first-order chi connectivity index (χ1) is 8.31. The van der Waals surface area contributed by atoms with Gasteiger partial charge in [-0.25, -0.2) is 4.39 Å². The highest BCUT2D eigenvalue weighted by atomic mass is 79.9. The predicted molar refractivity (Wildman–Crippen MR) is 77.0 cm³/mol. The molecule has 0 bridgehead atoms. The van der Waals surface area contributed by atoms with E-state index in [1.807, 2.05) is 6.92 Å². The fourth-order valence-electron chi connectivity index (χ4n) is 1.32. The van der Waals surface area contributed by atoms with Crippen LogP contribution < -0.4 is 11.1 Å². The van der Waals surface area contributed by atoms with Crippen molar-refractivity contribution in [2.75, 3.05) is 0 Å². The number of hydrogen-bond acceptors (Lipinski definition) is 2. The molecule has 0 saturated heterocycles. The van der Waals surface area contributed by atoms with Gasteiger partial charge in [0, 0.05) is 0 Å². The first kappa shape index (κ1) is 15.0. The summed E-state index contributed by atoms with van der Waals surface area (Å²) in [5.74, 6) is -0.908. The van der Waals surface area contributed by atoms with Gasteiger partial charge >= 0.3 is 0 Å². The average Bonchev–Trinajstić information content (AvgIpc) is 2.32. The maximum Gasteiger partial charge on any atom is 0.253 e. The SMILES string of the molecule is CCC(C)(NC(=O)c1cccc(F)c1Br)C(N)=S. The van der Waals surface area contributed by atoms with Crippen LogP contribution in [0.3, 0.4) is 0 Å². The third-order valence-electron chi connectivity index (χ3n) is 2.84. The summed E-state index contributed by atoms with van der Waals surface area (Å²) in [6.45, 7) is 3.60. The quantitative estimate of drug-likeness (QED) is 0.833. The van der Waals surface area contributed by atoms with Crippen LogP contribution in [0.2, 0.25) is 0 Å². The van der Waals surface area contributed by atoms with E-state index in [9.17, 15) is 9.18 Å². The van der Waals surface area contributed by atoms with Crippen molar-refractivity contribution in [2.24, 2.45) is 5.73 Å². The molecule has 98 valence electrons. The first-order valence-electron chi connectivity index (χ1n) is 5.38. The van der Waals surface area contributed by atoms with Crippen molar-refractivity contribution in [3.05, 3.63) is 34.1 Å². The summed E-state index contributed by atoms with van der Waals surface area (Å²) in [5, 5.41) is 2.73. The molecule has 3 N–H and O–H groups in total. The van der Waals surface area contributed by atoms with Gasteiger partial charge in [0.05, 0.1) is 20.6 Å². The van der Waals surface area contributed by atoms with E-state index in [4.69, 9.17) is 18.0 Å². The molecule has 0 heterocycles. The number of carbonyl (C=O) groups excluding carboxylic acids is 1. The minimum Gasteiger partial charge on any atom is -0.391 e. The molecule has 0 saturated carbocycles. The molecular formula is C12H14BrFN2OS. The highest BCUT2D eigenvalue weighted by Crippen LogP contribution is 2.21. The Morgan fingerprint density at radius 3 is 2.72 bits per heavy atom. The van der Waals surface area contributed by atoms with Gasteiger partial charge in [0.1, 0.15) is 5.82 Å². The molecule has 3 nitrogen and oxygen atoms in total. The Labute approximate surface area is 119 Å². The molecule has 1 rings (SSSR count). The molecule has 0 aromatic heterocycles. The maximum atomic E-state index is 13.3. The van der Waals surface area contributed by atoms with Crippen molar-refractivity contribution in [2.45, 2.75) is 25.8 Å². The molecule has 0 radical (unpaired) electrons. The van der Waals surface area contributed by atoms with E-state index in [1.165, 1.54) is 18.2 Å². The number of benzene rings is 1. The summed E-state index contributed by atoms with van der Waals surface area (Å²) in [5.41, 5.74) is 5.04. The minimum absolute atomic E-state index is 0.129. The summed E-state index contributed by atoms with van der Waals surface area (Å²) >= 11 is 7.98. The van der Waals surface area contributed by atoms with E-state index < -0.39 is 17.3 Å². The second-order valence-corrected chi connectivity index (χ2v) is 5.34. The summed E-state index contributed by atoms with van der Waals surface area (Å²) in [4.78, 5) is 12.3. The Balaban J connectivity index is 3.02. The zero-order valence-electron chi connectivity index (χ0n) is 10.1. The highest BCUT2D eigenvalue weighted by molar-refractivity contribution is 9.10. The van der Waals surface area contributed by atoms with E-state index in [-0.39, 0.29) is 15.0 Å². The van der Waals surface area contributed by atoms with Gasteiger partial charge in [-0.15, -0.1) is 0 Å². The smallest absolute Gasteiger partial charge is 0.253 e. The second-order valence-electron chi connectivity index (χ2n) is 4.11. The molecule has 1 atom stereocenters. The van der Waals surface area contributed by atoms with E-state index in [1.54, 1.807) is 6.92 Å². The number of nitrogens with two attached hydrogens (primary N) is 1. The molecule has 0 spiro atoms. The molecule has 1 unspecified atom stereocenters. The normalized spacial score (nSPS) is 13.8. The van der Waals surface area contributed by atoms with Crippen molar-refractivity contribution in [3.8, 4) is 0 Å². The maximum absolute atomic E-state index is 13.3. The van der Waals surface area contributed by atoms with E-state index >= 15 is 0 Å². The van der Waals surface area contributed by atoms with Crippen molar-refractivity contribution >= 4 is 39.0 Å². The highest BCUT2D eigenvalue weighted by Gasteiger charge is 2.28. The number of hydrogen-bond donors (Lipinski definition) is 2. The molecule has 18 heavy (non-hydrogen) atoms. The van der Waals surface area contributed by atoms with Gasteiger partial charge in [0.25, 0.3) is 5.91 Å². The lowest BCUT2D eigenvalue weighted by Crippen LogP contribution is -2.54. The Kier molecular flexibility index (Phi) is 4.81. The van der Waals surface area contributed by atoms with E-state index in [0.717, 1.165) is 0 Å². The van der Waals surface area contributed by atoms with Gasteiger partial charge in [0.15, 0.2) is 0 Å². The fourth-order valence-corrected chi connectivity index (χ4v) is 1.96. The number of carbonyl (C=O) groups is 1. The van der Waals surface area contributed by atoms with Gasteiger partial charge in [-0.1, -0.05) is 25.2 Å². The first-order valence-corrected chi connectivity index (χ1v) is 6.58. The number of amides is 1. The van der Waals surface area contributed by atoms with Crippen molar-refractivity contribution < 1.29 is 9.18 Å². The Morgan fingerprint density at radius 2 is 2.22 bits per heavy atom. The lowest BCUT2D eigenvalue weighted by Gasteiger charge is -2.28. The van der Waals surface area contributed by atoms with Gasteiger partial charge in [-0.3, -0.25) is 4.79 Å². The summed E-state index contributed by atoms with van der Waals surface area (Å²) in [7, 11) is 0. The Morgan fingerprint density at radius 1 is 1.61 bits per heavy atom. The monoisotopic (exact) mass is 332 g/mol. The van der Waals surface area contributed by atoms with Crippen LogP contribution >= 0.6 is 28.1 Å². The molecule has 1 aromatic carbocycles. The van der Waals surface area contributed by atoms with E-state index in [2.05, 4.69) is 21.2 Å². The van der Waals surface area contributed by atoms with Crippen LogP contribution in [0.15, 0.2) is 22.7 Å². The largest absolute Gasteiger partial charge is 0.391 e. The van der Waals surface area contributed by atoms with Crippen LogP contribution in [-0.4, -0.2) is 16.4 Å². The van der Waals surface area contributed by atoms with Crippen molar-refractivity contribution in [3.63, 3.8) is 0 Å². The van der Waals surface area contributed by atoms with Crippen LogP contribution in [0.1, 0.15) is 30.6 Å². The summed E-state index contributed by atoms with van der Waals surface area (Å²) in [6.07, 6.45) is 0.557. The number of halogens is 2. The molecule has 1 amide bonds. The van der Waals surface area contributed by atoms with Crippen LogP contribution in [0.4, 0.5) is 4.39 Å². The number of rotatable bonds is 4. The van der Waals surface area contributed by atoms with Gasteiger partial charge < -0.3 is 11.1 Å². The van der Waals surface area contributed by atoms with Crippen LogP contribution in [0, 0.1) is 5.82 Å². The Hall–Kier alpha value is -1.01. The molecule has 1 aromatic rings. The summed E-state index contributed by atoms with van der Waals surface area (Å²) in [6, 6.07) is 4.27. The van der Waals surface area contributed by atoms with Gasteiger partial charge in [0.2, 0.25) is 0 Å². The third kappa shape index (κ3) is 3.05. The predicted octanol–water partition coefficient (Wildman–Crippen LogP) is 2.77. The molecule has 0 aliphatic heterocycles. The van der Waals surface area contributed by atoms with Crippen molar-refractivity contribution in [1.29, 1.82) is 0 Å². The lowest BCUT2D eigenvalue weighted by atomic mass is 9.98.